The molecule has 0 amide bonds. The van der Waals surface area contributed by atoms with E-state index in [0.29, 0.717) is 6.42 Å². The number of allylic oxidation sites excluding steroid dienone is 16. The fourth-order valence-corrected chi connectivity index (χ4v) is 9.55. The van der Waals surface area contributed by atoms with Crippen LogP contribution in [0.2, 0.25) is 0 Å². The van der Waals surface area contributed by atoms with Gasteiger partial charge in [-0.25, -0.2) is 4.57 Å². The zero-order chi connectivity index (χ0) is 55.9. The average Bonchev–Trinajstić information content (AvgIpc) is 3.42. The van der Waals surface area contributed by atoms with E-state index in [1.165, 1.54) is 148 Å². The van der Waals surface area contributed by atoms with Crippen molar-refractivity contribution in [3.8, 4) is 0 Å². The van der Waals surface area contributed by atoms with Gasteiger partial charge in [-0.3, -0.25) is 18.6 Å². The number of esters is 2. The van der Waals surface area contributed by atoms with Crippen LogP contribution in [0.15, 0.2) is 97.2 Å². The topological polar surface area (TPSA) is 134 Å². The lowest BCUT2D eigenvalue weighted by atomic mass is 10.0. The molecule has 0 aromatic rings. The molecular formula is C67H118NO8P. The van der Waals surface area contributed by atoms with Crippen LogP contribution in [0.5, 0.6) is 0 Å². The van der Waals surface area contributed by atoms with Crippen LogP contribution in [-0.2, 0) is 32.7 Å². The summed E-state index contributed by atoms with van der Waals surface area (Å²) in [5, 5.41) is 0. The Labute approximate surface area is 474 Å². The summed E-state index contributed by atoms with van der Waals surface area (Å²) in [6.45, 7) is 3.62. The van der Waals surface area contributed by atoms with E-state index >= 15 is 0 Å². The number of ether oxygens (including phenoxy) is 2. The van der Waals surface area contributed by atoms with Gasteiger partial charge >= 0.3 is 19.8 Å². The van der Waals surface area contributed by atoms with Crippen LogP contribution in [0, 0.1) is 0 Å². The van der Waals surface area contributed by atoms with Gasteiger partial charge in [0.05, 0.1) is 13.2 Å². The summed E-state index contributed by atoms with van der Waals surface area (Å²) >= 11 is 0. The molecule has 2 atom stereocenters. The van der Waals surface area contributed by atoms with Crippen molar-refractivity contribution in [3.63, 3.8) is 0 Å². The molecule has 0 spiro atoms. The molecule has 0 aliphatic heterocycles. The van der Waals surface area contributed by atoms with Crippen molar-refractivity contribution >= 4 is 19.8 Å². The zero-order valence-electron chi connectivity index (χ0n) is 49.7. The van der Waals surface area contributed by atoms with Gasteiger partial charge in [-0.15, -0.1) is 0 Å². The van der Waals surface area contributed by atoms with Gasteiger partial charge in [0.1, 0.15) is 6.61 Å². The van der Waals surface area contributed by atoms with Crippen molar-refractivity contribution in [2.45, 2.75) is 290 Å². The number of unbranched alkanes of at least 4 members (excludes halogenated alkanes) is 30. The molecule has 0 aromatic heterocycles. The second-order valence-electron chi connectivity index (χ2n) is 20.9. The summed E-state index contributed by atoms with van der Waals surface area (Å²) < 4.78 is 33.1. The highest BCUT2D eigenvalue weighted by Crippen LogP contribution is 2.43. The van der Waals surface area contributed by atoms with Crippen LogP contribution in [0.3, 0.4) is 0 Å². The molecule has 3 N–H and O–H groups in total. The molecule has 0 aromatic carbocycles. The Bertz CT molecular complexity index is 1580. The smallest absolute Gasteiger partial charge is 0.462 e. The van der Waals surface area contributed by atoms with Gasteiger partial charge in [-0.2, -0.15) is 0 Å². The second kappa shape index (κ2) is 62.1. The molecule has 0 aliphatic rings. The highest BCUT2D eigenvalue weighted by molar-refractivity contribution is 7.47. The van der Waals surface area contributed by atoms with Crippen LogP contribution in [0.25, 0.3) is 0 Å². The highest BCUT2D eigenvalue weighted by atomic mass is 31.2. The van der Waals surface area contributed by atoms with Crippen LogP contribution in [0.4, 0.5) is 0 Å². The summed E-state index contributed by atoms with van der Waals surface area (Å²) in [5.74, 6) is -0.841. The second-order valence-corrected chi connectivity index (χ2v) is 22.3. The summed E-state index contributed by atoms with van der Waals surface area (Å²) in [4.78, 5) is 35.3. The summed E-state index contributed by atoms with van der Waals surface area (Å²) in [7, 11) is -4.40. The molecule has 0 saturated carbocycles. The van der Waals surface area contributed by atoms with E-state index in [9.17, 15) is 19.0 Å². The Morgan fingerprint density at radius 1 is 0.403 bits per heavy atom. The maximum atomic E-state index is 12.7. The fourth-order valence-electron chi connectivity index (χ4n) is 8.79. The standard InChI is InChI=1S/C67H118NO8P/c1-3-5-7-9-11-13-15-17-19-21-23-25-27-29-30-31-32-33-34-36-37-39-41-43-45-47-49-51-53-55-57-59-66(69)73-63-65(64-75-77(71,72)74-62-61-68)76-67(70)60-58-56-54-52-50-48-46-44-42-40-38-35-28-26-24-22-20-18-16-14-12-10-8-6-4-2/h6,8,12,14-15,17-18,20-21,23-24,26,35,38,42,44,65H,3-5,7,9-11,13,16,19,22,25,27-34,36-37,39-41,43,45-64,68H2,1-2H3,(H,71,72)/b8-6-,14-12-,17-15-,20-18-,23-21-,26-24-,38-35-,44-42-. The van der Waals surface area contributed by atoms with Gasteiger partial charge in [0.15, 0.2) is 6.10 Å². The first-order valence-electron chi connectivity index (χ1n) is 31.7. The van der Waals surface area contributed by atoms with Gasteiger partial charge in [0, 0.05) is 19.4 Å². The predicted molar refractivity (Wildman–Crippen MR) is 330 cm³/mol. The molecule has 77 heavy (non-hydrogen) atoms. The third kappa shape index (κ3) is 62.0. The Morgan fingerprint density at radius 3 is 1.06 bits per heavy atom. The molecule has 0 radical (unpaired) electrons. The molecule has 0 fully saturated rings. The van der Waals surface area contributed by atoms with Crippen molar-refractivity contribution < 1.29 is 37.6 Å². The minimum absolute atomic E-state index is 0.0470. The van der Waals surface area contributed by atoms with Crippen LogP contribution >= 0.6 is 7.82 Å². The largest absolute Gasteiger partial charge is 0.472 e. The average molecular weight is 1100 g/mol. The predicted octanol–water partition coefficient (Wildman–Crippen LogP) is 20.4. The maximum absolute atomic E-state index is 12.7. The Hall–Kier alpha value is -3.07. The normalized spacial score (nSPS) is 13.7. The molecule has 9 nitrogen and oxygen atoms in total. The molecular weight excluding hydrogens is 978 g/mol. The summed E-state index contributed by atoms with van der Waals surface area (Å²) in [6, 6.07) is 0. The number of carbonyl (C=O) groups excluding carboxylic acids is 2. The monoisotopic (exact) mass is 1100 g/mol. The quantitative estimate of drug-likeness (QED) is 0.0264. The van der Waals surface area contributed by atoms with Crippen molar-refractivity contribution in [2.75, 3.05) is 26.4 Å². The van der Waals surface area contributed by atoms with E-state index < -0.39 is 26.5 Å². The van der Waals surface area contributed by atoms with Crippen LogP contribution in [-0.4, -0.2) is 49.3 Å². The molecule has 2 unspecified atom stereocenters. The van der Waals surface area contributed by atoms with Gasteiger partial charge in [-0.05, 0) is 96.3 Å². The number of hydrogen-bond donors (Lipinski definition) is 2. The molecule has 10 heteroatoms. The van der Waals surface area contributed by atoms with Crippen molar-refractivity contribution in [1.82, 2.24) is 0 Å². The lowest BCUT2D eigenvalue weighted by Gasteiger charge is -2.19. The van der Waals surface area contributed by atoms with E-state index in [1.807, 2.05) is 0 Å². The van der Waals surface area contributed by atoms with Gasteiger partial charge in [-0.1, -0.05) is 272 Å². The number of phosphoric ester groups is 1. The molecule has 0 saturated heterocycles. The van der Waals surface area contributed by atoms with E-state index in [4.69, 9.17) is 24.3 Å². The van der Waals surface area contributed by atoms with Gasteiger partial charge < -0.3 is 20.1 Å². The maximum Gasteiger partial charge on any atom is 0.472 e. The molecule has 0 rings (SSSR count). The molecule has 0 heterocycles. The minimum atomic E-state index is -4.40. The lowest BCUT2D eigenvalue weighted by molar-refractivity contribution is -0.161. The van der Waals surface area contributed by atoms with E-state index in [-0.39, 0.29) is 38.6 Å². The number of hydrogen-bond acceptors (Lipinski definition) is 8. The first kappa shape index (κ1) is 73.9. The number of nitrogens with two attached hydrogens (primary N) is 1. The summed E-state index contributed by atoms with van der Waals surface area (Å²) in [6.07, 6.45) is 83.3. The van der Waals surface area contributed by atoms with Crippen molar-refractivity contribution in [3.05, 3.63) is 97.2 Å². The van der Waals surface area contributed by atoms with E-state index in [2.05, 4.69) is 111 Å². The Balaban J connectivity index is 3.94. The third-order valence-electron chi connectivity index (χ3n) is 13.5. The molecule has 0 bridgehead atoms. The van der Waals surface area contributed by atoms with Crippen LogP contribution in [0.1, 0.15) is 284 Å². The first-order chi connectivity index (χ1) is 37.8. The molecule has 0 aliphatic carbocycles. The van der Waals surface area contributed by atoms with E-state index in [0.717, 1.165) is 103 Å². The SMILES string of the molecule is CC/C=C\C/C=C\C/C=C\C/C=C\C/C=C\C/C=C\CCCCCCCCC(=O)OC(COC(=O)CCCCCCCCCCCCCCCCCCCCC/C=C\C/C=C\CCCCCCC)COP(=O)(O)OCCN. The lowest BCUT2D eigenvalue weighted by Crippen LogP contribution is -2.29. The fraction of sp³-hybridized carbons (Fsp3) is 0.731. The van der Waals surface area contributed by atoms with E-state index in [1.54, 1.807) is 0 Å². The molecule has 444 valence electrons. The minimum Gasteiger partial charge on any atom is -0.462 e. The number of rotatable bonds is 59. The summed E-state index contributed by atoms with van der Waals surface area (Å²) in [5.41, 5.74) is 5.39. The Morgan fingerprint density at radius 2 is 0.714 bits per heavy atom. The van der Waals surface area contributed by atoms with Crippen molar-refractivity contribution in [1.29, 1.82) is 0 Å². The third-order valence-corrected chi connectivity index (χ3v) is 14.4. The number of phosphoric acid groups is 1. The zero-order valence-corrected chi connectivity index (χ0v) is 50.6. The Kier molecular flexibility index (Phi) is 59.7. The van der Waals surface area contributed by atoms with Crippen molar-refractivity contribution in [2.24, 2.45) is 5.73 Å². The highest BCUT2D eigenvalue weighted by Gasteiger charge is 2.26. The van der Waals surface area contributed by atoms with Crippen LogP contribution < -0.4 is 5.73 Å². The van der Waals surface area contributed by atoms with Gasteiger partial charge in [0.25, 0.3) is 0 Å². The van der Waals surface area contributed by atoms with Gasteiger partial charge in [0.2, 0.25) is 0 Å². The first-order valence-corrected chi connectivity index (χ1v) is 33.2. The number of carbonyl (C=O) groups is 2.